The summed E-state index contributed by atoms with van der Waals surface area (Å²) in [6, 6.07) is 19.4. The number of aromatic nitrogens is 1. The Morgan fingerprint density at radius 2 is 1.57 bits per heavy atom. The molecule has 1 heterocycles. The Bertz CT molecular complexity index is 933. The van der Waals surface area contributed by atoms with Gasteiger partial charge in [-0.1, -0.05) is 49.4 Å². The lowest BCUT2D eigenvalue weighted by atomic mass is 9.99. The molecule has 0 spiro atoms. The lowest BCUT2D eigenvalue weighted by molar-refractivity contribution is -0.118. The smallest absolute Gasteiger partial charge is 0.226 e. The highest BCUT2D eigenvalue weighted by Crippen LogP contribution is 2.24. The number of pyridine rings is 1. The predicted molar refractivity (Wildman–Crippen MR) is 112 cm³/mol. The lowest BCUT2D eigenvalue weighted by Gasteiger charge is -2.16. The fraction of sp³-hybridized carbons (Fsp3) is 0.208. The van der Waals surface area contributed by atoms with Crippen molar-refractivity contribution in [3.8, 4) is 11.1 Å². The highest BCUT2D eigenvalue weighted by atomic mass is 16.2. The fourth-order valence-corrected chi connectivity index (χ4v) is 3.06. The van der Waals surface area contributed by atoms with Crippen molar-refractivity contribution in [2.45, 2.75) is 26.2 Å². The molecule has 0 fully saturated rings. The van der Waals surface area contributed by atoms with E-state index in [0.29, 0.717) is 19.3 Å². The van der Waals surface area contributed by atoms with Gasteiger partial charge in [0.15, 0.2) is 5.78 Å². The van der Waals surface area contributed by atoms with Gasteiger partial charge in [-0.2, -0.15) is 0 Å². The summed E-state index contributed by atoms with van der Waals surface area (Å²) in [5.41, 5.74) is 4.75. The van der Waals surface area contributed by atoms with Crippen LogP contribution in [0.5, 0.6) is 0 Å². The van der Waals surface area contributed by atoms with Gasteiger partial charge >= 0.3 is 0 Å². The quantitative estimate of drug-likeness (QED) is 0.552. The minimum absolute atomic E-state index is 0.0851. The summed E-state index contributed by atoms with van der Waals surface area (Å²) in [7, 11) is 1.78. The van der Waals surface area contributed by atoms with E-state index >= 15 is 0 Å². The molecule has 0 saturated heterocycles. The monoisotopic (exact) mass is 372 g/mol. The topological polar surface area (TPSA) is 50.3 Å². The first kappa shape index (κ1) is 19.5. The minimum Gasteiger partial charge on any atom is -0.316 e. The first-order valence-electron chi connectivity index (χ1n) is 9.47. The number of ketones is 1. The van der Waals surface area contributed by atoms with E-state index in [-0.39, 0.29) is 11.7 Å². The van der Waals surface area contributed by atoms with Crippen molar-refractivity contribution in [3.63, 3.8) is 0 Å². The molecule has 3 rings (SSSR count). The molecule has 2 aromatic carbocycles. The lowest BCUT2D eigenvalue weighted by Crippen LogP contribution is -2.24. The minimum atomic E-state index is 0.0851. The van der Waals surface area contributed by atoms with E-state index in [0.717, 1.165) is 27.9 Å². The molecule has 28 heavy (non-hydrogen) atoms. The Hall–Kier alpha value is -3.27. The molecule has 1 aromatic heterocycles. The molecule has 0 atom stereocenters. The van der Waals surface area contributed by atoms with Crippen LogP contribution in [0, 0.1) is 0 Å². The molecular formula is C24H24N2O2. The van der Waals surface area contributed by atoms with Crippen molar-refractivity contribution in [1.82, 2.24) is 4.98 Å². The molecule has 0 radical (unpaired) electrons. The Morgan fingerprint density at radius 1 is 0.929 bits per heavy atom. The summed E-state index contributed by atoms with van der Waals surface area (Å²) in [6.45, 7) is 1.85. The molecule has 0 aliphatic rings. The normalized spacial score (nSPS) is 10.5. The van der Waals surface area contributed by atoms with Gasteiger partial charge < -0.3 is 4.90 Å². The van der Waals surface area contributed by atoms with Crippen LogP contribution in [0.1, 0.15) is 35.7 Å². The molecule has 0 saturated carbocycles. The number of Topliss-reactive ketones (excluding diaryl/α,β-unsaturated/α-hetero) is 1. The summed E-state index contributed by atoms with van der Waals surface area (Å²) in [5, 5.41) is 0. The average Bonchev–Trinajstić information content (AvgIpc) is 2.77. The van der Waals surface area contributed by atoms with E-state index in [9.17, 15) is 9.59 Å². The SMILES string of the molecule is CCC(=O)N(C)c1ccc(-c2ccc(C(=O)CCc3cccnc3)cc2)cc1. The van der Waals surface area contributed by atoms with Crippen LogP contribution in [-0.2, 0) is 11.2 Å². The number of nitrogens with zero attached hydrogens (tertiary/aromatic N) is 2. The number of aryl methyl sites for hydroxylation is 1. The zero-order valence-electron chi connectivity index (χ0n) is 16.3. The van der Waals surface area contributed by atoms with Gasteiger partial charge in [-0.15, -0.1) is 0 Å². The second-order valence-electron chi connectivity index (χ2n) is 6.71. The molecular weight excluding hydrogens is 348 g/mol. The fourth-order valence-electron chi connectivity index (χ4n) is 3.06. The highest BCUT2D eigenvalue weighted by Gasteiger charge is 2.09. The Labute approximate surface area is 165 Å². The highest BCUT2D eigenvalue weighted by molar-refractivity contribution is 5.96. The Balaban J connectivity index is 1.65. The standard InChI is InChI=1S/C24H24N2O2/c1-3-24(28)26(2)22-13-11-20(12-14-22)19-7-9-21(10-8-19)23(27)15-6-18-5-4-16-25-17-18/h4-5,7-14,16-17H,3,6,15H2,1-2H3. The molecule has 0 bridgehead atoms. The van der Waals surface area contributed by atoms with Gasteiger partial charge in [0, 0.05) is 43.5 Å². The molecule has 142 valence electrons. The van der Waals surface area contributed by atoms with E-state index in [1.165, 1.54) is 0 Å². The summed E-state index contributed by atoms with van der Waals surface area (Å²) in [5.74, 6) is 0.215. The van der Waals surface area contributed by atoms with E-state index in [4.69, 9.17) is 0 Å². The van der Waals surface area contributed by atoms with Crippen molar-refractivity contribution in [2.24, 2.45) is 0 Å². The van der Waals surface area contributed by atoms with Crippen LogP contribution in [-0.4, -0.2) is 23.7 Å². The summed E-state index contributed by atoms with van der Waals surface area (Å²) in [4.78, 5) is 30.0. The van der Waals surface area contributed by atoms with Crippen molar-refractivity contribution >= 4 is 17.4 Å². The van der Waals surface area contributed by atoms with Crippen molar-refractivity contribution in [3.05, 3.63) is 84.2 Å². The summed E-state index contributed by atoms with van der Waals surface area (Å²) < 4.78 is 0. The van der Waals surface area contributed by atoms with Crippen LogP contribution < -0.4 is 4.90 Å². The van der Waals surface area contributed by atoms with Crippen molar-refractivity contribution in [2.75, 3.05) is 11.9 Å². The zero-order chi connectivity index (χ0) is 19.9. The van der Waals surface area contributed by atoms with Crippen LogP contribution in [0.2, 0.25) is 0 Å². The molecule has 0 unspecified atom stereocenters. The van der Waals surface area contributed by atoms with E-state index in [1.807, 2.05) is 67.6 Å². The van der Waals surface area contributed by atoms with Gasteiger partial charge in [-0.25, -0.2) is 0 Å². The van der Waals surface area contributed by atoms with Crippen molar-refractivity contribution in [1.29, 1.82) is 0 Å². The van der Waals surface area contributed by atoms with Gasteiger partial charge in [0.1, 0.15) is 0 Å². The second kappa shape index (κ2) is 9.09. The summed E-state index contributed by atoms with van der Waals surface area (Å²) >= 11 is 0. The number of anilines is 1. The number of hydrogen-bond acceptors (Lipinski definition) is 3. The molecule has 0 aliphatic carbocycles. The molecule has 0 aliphatic heterocycles. The van der Waals surface area contributed by atoms with Crippen molar-refractivity contribution < 1.29 is 9.59 Å². The van der Waals surface area contributed by atoms with Crippen LogP contribution in [0.15, 0.2) is 73.1 Å². The maximum absolute atomic E-state index is 12.4. The Kier molecular flexibility index (Phi) is 6.33. The van der Waals surface area contributed by atoms with Gasteiger partial charge in [-0.05, 0) is 41.3 Å². The number of benzene rings is 2. The molecule has 0 N–H and O–H groups in total. The van der Waals surface area contributed by atoms with E-state index in [1.54, 1.807) is 24.3 Å². The molecule has 3 aromatic rings. The zero-order valence-corrected chi connectivity index (χ0v) is 16.3. The van der Waals surface area contributed by atoms with Gasteiger partial charge in [0.25, 0.3) is 0 Å². The summed E-state index contributed by atoms with van der Waals surface area (Å²) in [6.07, 6.45) is 5.17. The number of hydrogen-bond donors (Lipinski definition) is 0. The van der Waals surface area contributed by atoms with Crippen LogP contribution in [0.3, 0.4) is 0 Å². The first-order chi connectivity index (χ1) is 13.6. The van der Waals surface area contributed by atoms with Crippen LogP contribution >= 0.6 is 0 Å². The third kappa shape index (κ3) is 4.71. The number of amides is 1. The van der Waals surface area contributed by atoms with Gasteiger partial charge in [0.05, 0.1) is 0 Å². The number of carbonyl (C=O) groups excluding carboxylic acids is 2. The maximum atomic E-state index is 12.4. The first-order valence-corrected chi connectivity index (χ1v) is 9.47. The average molecular weight is 372 g/mol. The van der Waals surface area contributed by atoms with Crippen LogP contribution in [0.4, 0.5) is 5.69 Å². The predicted octanol–water partition coefficient (Wildman–Crippen LogP) is 4.94. The largest absolute Gasteiger partial charge is 0.316 e. The number of rotatable bonds is 7. The molecule has 4 nitrogen and oxygen atoms in total. The Morgan fingerprint density at radius 3 is 2.14 bits per heavy atom. The van der Waals surface area contributed by atoms with Crippen LogP contribution in [0.25, 0.3) is 11.1 Å². The number of carbonyl (C=O) groups is 2. The van der Waals surface area contributed by atoms with E-state index in [2.05, 4.69) is 4.98 Å². The third-order valence-electron chi connectivity index (χ3n) is 4.83. The molecule has 4 heteroatoms. The maximum Gasteiger partial charge on any atom is 0.226 e. The van der Waals surface area contributed by atoms with Gasteiger partial charge in [0.2, 0.25) is 5.91 Å². The van der Waals surface area contributed by atoms with Gasteiger partial charge in [-0.3, -0.25) is 14.6 Å². The van der Waals surface area contributed by atoms with E-state index < -0.39 is 0 Å². The second-order valence-corrected chi connectivity index (χ2v) is 6.71. The molecule has 1 amide bonds. The third-order valence-corrected chi connectivity index (χ3v) is 4.83.